The summed E-state index contributed by atoms with van der Waals surface area (Å²) in [5.74, 6) is 0. The van der Waals surface area contributed by atoms with Crippen molar-refractivity contribution in [3.63, 3.8) is 0 Å². The standard InChI is InChI=1S/C16H17N3O2.C14H17N3O.ClH/c1-18(2)11-6-7-12-14(9-11)19(10-21-3)16(20)13-5-4-8-17-15(12)13;1-17(2)9-5-6-10-12(8-9)16-14(18)11-4-3-7-15-13(10)11;/h4-9H,10H2,1-3H3;5-6,8,15H,3-4,7H2,1-2H3,(H,16,18);1H. The van der Waals surface area contributed by atoms with Gasteiger partial charge < -0.3 is 24.8 Å². The van der Waals surface area contributed by atoms with E-state index in [1.807, 2.05) is 62.3 Å². The first-order valence-corrected chi connectivity index (χ1v) is 13.0. The number of anilines is 3. The van der Waals surface area contributed by atoms with Crippen molar-refractivity contribution in [3.05, 3.63) is 81.0 Å². The third-order valence-electron chi connectivity index (χ3n) is 7.10. The number of hydrogen-bond acceptors (Lipinski definition) is 7. The number of benzene rings is 2. The van der Waals surface area contributed by atoms with E-state index in [0.29, 0.717) is 5.39 Å². The van der Waals surface area contributed by atoms with Crippen molar-refractivity contribution in [2.75, 3.05) is 57.0 Å². The topological polar surface area (TPSA) is 95.5 Å². The number of nitrogens with one attached hydrogen (secondary N) is 2. The molecular weight excluding hydrogens is 528 g/mol. The minimum atomic E-state index is -0.0802. The Labute approximate surface area is 238 Å². The van der Waals surface area contributed by atoms with E-state index in [1.165, 1.54) is 0 Å². The second-order valence-electron chi connectivity index (χ2n) is 10.1. The zero-order valence-electron chi connectivity index (χ0n) is 23.4. The van der Waals surface area contributed by atoms with Crippen molar-refractivity contribution in [1.82, 2.24) is 14.5 Å². The molecule has 0 spiro atoms. The van der Waals surface area contributed by atoms with Crippen LogP contribution in [-0.2, 0) is 17.9 Å². The normalized spacial score (nSPS) is 12.2. The van der Waals surface area contributed by atoms with Gasteiger partial charge in [0.1, 0.15) is 6.73 Å². The van der Waals surface area contributed by atoms with Gasteiger partial charge in [0.2, 0.25) is 0 Å². The fourth-order valence-electron chi connectivity index (χ4n) is 5.05. The molecule has 2 aromatic carbocycles. The SMILES string of the molecule is CN(C)c1ccc2c3c(c(=O)[nH]c2c1)CCCN3.COCn1c(=O)c2cccnc2c2ccc(N(C)C)cc21.Cl. The molecule has 9 nitrogen and oxygen atoms in total. The predicted molar refractivity (Wildman–Crippen MR) is 168 cm³/mol. The van der Waals surface area contributed by atoms with Gasteiger partial charge >= 0.3 is 0 Å². The summed E-state index contributed by atoms with van der Waals surface area (Å²) in [7, 11) is 9.52. The van der Waals surface area contributed by atoms with E-state index in [2.05, 4.69) is 27.4 Å². The van der Waals surface area contributed by atoms with E-state index >= 15 is 0 Å². The summed E-state index contributed by atoms with van der Waals surface area (Å²) in [6.07, 6.45) is 3.60. The Balaban J connectivity index is 0.000000182. The molecule has 3 aromatic heterocycles. The van der Waals surface area contributed by atoms with Crippen LogP contribution in [0.2, 0.25) is 0 Å². The Morgan fingerprint density at radius 2 is 1.65 bits per heavy atom. The first-order chi connectivity index (χ1) is 18.8. The van der Waals surface area contributed by atoms with Gasteiger partial charge in [-0.1, -0.05) is 0 Å². The molecule has 0 radical (unpaired) electrons. The molecule has 2 N–H and O–H groups in total. The van der Waals surface area contributed by atoms with Crippen molar-refractivity contribution >= 4 is 62.2 Å². The number of rotatable bonds is 4. The number of fused-ring (bicyclic) bond motifs is 6. The van der Waals surface area contributed by atoms with Gasteiger partial charge in [-0.05, 0) is 61.4 Å². The molecule has 0 saturated carbocycles. The van der Waals surface area contributed by atoms with Crippen molar-refractivity contribution < 1.29 is 4.74 Å². The van der Waals surface area contributed by atoms with Gasteiger partial charge in [-0.2, -0.15) is 0 Å². The molecule has 0 atom stereocenters. The lowest BCUT2D eigenvalue weighted by Crippen LogP contribution is -2.22. The Kier molecular flexibility index (Phi) is 8.66. The van der Waals surface area contributed by atoms with Gasteiger partial charge in [0.05, 0.1) is 27.6 Å². The minimum Gasteiger partial charge on any atom is -0.384 e. The van der Waals surface area contributed by atoms with Crippen LogP contribution < -0.4 is 26.2 Å². The van der Waals surface area contributed by atoms with E-state index in [1.54, 1.807) is 30.0 Å². The highest BCUT2D eigenvalue weighted by molar-refractivity contribution is 6.04. The van der Waals surface area contributed by atoms with Crippen LogP contribution in [0.3, 0.4) is 0 Å². The summed E-state index contributed by atoms with van der Waals surface area (Å²) in [4.78, 5) is 36.1. The van der Waals surface area contributed by atoms with Crippen LogP contribution in [0.4, 0.5) is 17.1 Å². The first kappa shape index (κ1) is 28.9. The summed E-state index contributed by atoms with van der Waals surface area (Å²) in [6, 6.07) is 15.8. The van der Waals surface area contributed by atoms with E-state index < -0.39 is 0 Å². The number of methoxy groups -OCH3 is 1. The van der Waals surface area contributed by atoms with E-state index in [9.17, 15) is 9.59 Å². The summed E-state index contributed by atoms with van der Waals surface area (Å²) in [5, 5.41) is 6.03. The molecule has 6 rings (SSSR count). The summed E-state index contributed by atoms with van der Waals surface area (Å²) < 4.78 is 6.84. The lowest BCUT2D eigenvalue weighted by atomic mass is 10.0. The Hall–Kier alpha value is -4.08. The van der Waals surface area contributed by atoms with Gasteiger partial charge in [-0.15, -0.1) is 12.4 Å². The van der Waals surface area contributed by atoms with Crippen molar-refractivity contribution in [2.24, 2.45) is 0 Å². The number of nitrogens with zero attached hydrogens (tertiary/aromatic N) is 4. The maximum atomic E-state index is 12.6. The Morgan fingerprint density at radius 1 is 0.950 bits per heavy atom. The van der Waals surface area contributed by atoms with E-state index in [4.69, 9.17) is 4.74 Å². The number of H-pyrrole nitrogens is 1. The maximum Gasteiger partial charge on any atom is 0.262 e. The fraction of sp³-hybridized carbons (Fsp3) is 0.300. The highest BCUT2D eigenvalue weighted by atomic mass is 35.5. The van der Waals surface area contributed by atoms with Gasteiger partial charge in [0.25, 0.3) is 11.1 Å². The third-order valence-corrected chi connectivity index (χ3v) is 7.10. The Morgan fingerprint density at radius 3 is 2.35 bits per heavy atom. The summed E-state index contributed by atoms with van der Waals surface area (Å²) in [6.45, 7) is 1.16. The molecule has 1 aliphatic heterocycles. The summed E-state index contributed by atoms with van der Waals surface area (Å²) >= 11 is 0. The van der Waals surface area contributed by atoms with Crippen LogP contribution in [0, 0.1) is 0 Å². The smallest absolute Gasteiger partial charge is 0.262 e. The number of halogens is 1. The molecule has 5 aromatic rings. The van der Waals surface area contributed by atoms with Crippen LogP contribution in [0.5, 0.6) is 0 Å². The van der Waals surface area contributed by atoms with E-state index in [-0.39, 0.29) is 30.3 Å². The van der Waals surface area contributed by atoms with Gasteiger partial charge in [0, 0.05) is 75.8 Å². The molecule has 40 heavy (non-hydrogen) atoms. The average molecular weight is 563 g/mol. The van der Waals surface area contributed by atoms with Crippen LogP contribution in [0.25, 0.3) is 32.7 Å². The summed E-state index contributed by atoms with van der Waals surface area (Å²) in [5.41, 5.74) is 6.46. The number of aromatic amines is 1. The quantitative estimate of drug-likeness (QED) is 0.309. The van der Waals surface area contributed by atoms with Crippen molar-refractivity contribution in [1.29, 1.82) is 0 Å². The van der Waals surface area contributed by atoms with Crippen LogP contribution in [0.1, 0.15) is 12.0 Å². The molecule has 0 bridgehead atoms. The molecule has 210 valence electrons. The first-order valence-electron chi connectivity index (χ1n) is 13.0. The van der Waals surface area contributed by atoms with Crippen molar-refractivity contribution in [2.45, 2.75) is 19.6 Å². The molecule has 0 amide bonds. The van der Waals surface area contributed by atoms with Crippen LogP contribution in [0.15, 0.2) is 64.3 Å². The van der Waals surface area contributed by atoms with Crippen LogP contribution in [-0.4, -0.2) is 56.4 Å². The lowest BCUT2D eigenvalue weighted by molar-refractivity contribution is 0.132. The molecule has 0 saturated heterocycles. The van der Waals surface area contributed by atoms with Crippen molar-refractivity contribution in [3.8, 4) is 0 Å². The largest absolute Gasteiger partial charge is 0.384 e. The number of aromatic nitrogens is 3. The number of pyridine rings is 3. The average Bonchev–Trinajstić information content (AvgIpc) is 2.95. The van der Waals surface area contributed by atoms with Gasteiger partial charge in [-0.3, -0.25) is 19.1 Å². The molecule has 10 heteroatoms. The number of ether oxygens (including phenoxy) is 1. The molecular formula is C30H35ClN6O3. The van der Waals surface area contributed by atoms with Gasteiger partial charge in [0.15, 0.2) is 0 Å². The van der Waals surface area contributed by atoms with E-state index in [0.717, 1.165) is 69.3 Å². The third kappa shape index (κ3) is 5.35. The maximum absolute atomic E-state index is 12.6. The monoisotopic (exact) mass is 562 g/mol. The highest BCUT2D eigenvalue weighted by Gasteiger charge is 2.16. The zero-order valence-corrected chi connectivity index (χ0v) is 24.3. The highest BCUT2D eigenvalue weighted by Crippen LogP contribution is 2.29. The lowest BCUT2D eigenvalue weighted by Gasteiger charge is -2.20. The van der Waals surface area contributed by atoms with Crippen LogP contribution >= 0.6 is 12.4 Å². The molecule has 0 fully saturated rings. The second-order valence-corrected chi connectivity index (χ2v) is 10.1. The molecule has 0 unspecified atom stereocenters. The van der Waals surface area contributed by atoms with Gasteiger partial charge in [-0.25, -0.2) is 0 Å². The number of hydrogen-bond donors (Lipinski definition) is 2. The molecule has 1 aliphatic rings. The predicted octanol–water partition coefficient (Wildman–Crippen LogP) is 4.59. The fourth-order valence-corrected chi connectivity index (χ4v) is 5.05. The second kappa shape index (κ2) is 12.0. The minimum absolute atomic E-state index is 0. The Bertz CT molecular complexity index is 1800. The zero-order chi connectivity index (χ0) is 27.7. The molecule has 0 aliphatic carbocycles. The molecule has 4 heterocycles.